The number of nitrogens with one attached hydrogen (secondary N) is 2. The average molecular weight is 230 g/mol. The average Bonchev–Trinajstić information content (AvgIpc) is 2.76. The van der Waals surface area contributed by atoms with Crippen molar-refractivity contribution in [2.45, 2.75) is 25.3 Å². The molecule has 0 bridgehead atoms. The number of H-pyrrole nitrogens is 1. The number of para-hydroxylation sites is 1. The molecule has 0 spiro atoms. The first-order valence-corrected chi connectivity index (χ1v) is 6.17. The van der Waals surface area contributed by atoms with Crippen LogP contribution in [0.5, 0.6) is 5.75 Å². The lowest BCUT2D eigenvalue weighted by molar-refractivity contribution is 0.419. The Bertz CT molecular complexity index is 544. The van der Waals surface area contributed by atoms with Crippen LogP contribution in [0.3, 0.4) is 0 Å². The summed E-state index contributed by atoms with van der Waals surface area (Å²) < 4.78 is 5.41. The highest BCUT2D eigenvalue weighted by Crippen LogP contribution is 2.33. The Labute approximate surface area is 101 Å². The van der Waals surface area contributed by atoms with Gasteiger partial charge in [-0.15, -0.1) is 0 Å². The number of hydrogen-bond donors (Lipinski definition) is 2. The molecule has 0 saturated carbocycles. The monoisotopic (exact) mass is 230 g/mol. The molecule has 1 atom stereocenters. The van der Waals surface area contributed by atoms with Crippen LogP contribution in [-0.4, -0.2) is 25.2 Å². The summed E-state index contributed by atoms with van der Waals surface area (Å²) in [5.74, 6) is 0.943. The molecule has 3 nitrogen and oxygen atoms in total. The maximum Gasteiger partial charge on any atom is 0.142 e. The molecule has 0 amide bonds. The Morgan fingerprint density at radius 1 is 1.41 bits per heavy atom. The molecule has 3 heteroatoms. The molecule has 0 aliphatic heterocycles. The zero-order valence-electron chi connectivity index (χ0n) is 10.3. The molecule has 1 aliphatic rings. The number of hydrogen-bond acceptors (Lipinski definition) is 2. The van der Waals surface area contributed by atoms with Crippen LogP contribution in [0, 0.1) is 0 Å². The fourth-order valence-electron chi connectivity index (χ4n) is 2.83. The summed E-state index contributed by atoms with van der Waals surface area (Å²) in [6, 6.07) is 6.87. The molecule has 1 aromatic heterocycles. The Morgan fingerprint density at radius 2 is 2.29 bits per heavy atom. The molecule has 1 heterocycles. The third kappa shape index (κ3) is 1.62. The van der Waals surface area contributed by atoms with Gasteiger partial charge in [-0.2, -0.15) is 0 Å². The highest BCUT2D eigenvalue weighted by Gasteiger charge is 2.22. The van der Waals surface area contributed by atoms with Gasteiger partial charge in [-0.3, -0.25) is 0 Å². The van der Waals surface area contributed by atoms with Crippen molar-refractivity contribution < 1.29 is 4.74 Å². The second kappa shape index (κ2) is 4.08. The minimum absolute atomic E-state index is 0.604. The van der Waals surface area contributed by atoms with Crippen molar-refractivity contribution in [3.8, 4) is 5.75 Å². The Balaban J connectivity index is 2.16. The van der Waals surface area contributed by atoms with Crippen molar-refractivity contribution in [2.24, 2.45) is 0 Å². The van der Waals surface area contributed by atoms with E-state index in [1.54, 1.807) is 7.11 Å². The van der Waals surface area contributed by atoms with Crippen LogP contribution in [0.25, 0.3) is 10.9 Å². The molecule has 1 aliphatic carbocycles. The molecule has 0 radical (unpaired) electrons. The molecule has 2 N–H and O–H groups in total. The van der Waals surface area contributed by atoms with E-state index in [1.165, 1.54) is 23.1 Å². The van der Waals surface area contributed by atoms with E-state index in [0.29, 0.717) is 6.04 Å². The van der Waals surface area contributed by atoms with E-state index in [4.69, 9.17) is 4.74 Å². The van der Waals surface area contributed by atoms with Crippen LogP contribution in [0.2, 0.25) is 0 Å². The molecule has 17 heavy (non-hydrogen) atoms. The summed E-state index contributed by atoms with van der Waals surface area (Å²) in [5.41, 5.74) is 4.00. The van der Waals surface area contributed by atoms with E-state index in [2.05, 4.69) is 22.4 Å². The second-order valence-corrected chi connectivity index (χ2v) is 4.69. The van der Waals surface area contributed by atoms with E-state index in [1.807, 2.05) is 13.1 Å². The first-order chi connectivity index (χ1) is 8.33. The van der Waals surface area contributed by atoms with Gasteiger partial charge in [-0.25, -0.2) is 0 Å². The lowest BCUT2D eigenvalue weighted by atomic mass is 9.91. The fourth-order valence-corrected chi connectivity index (χ4v) is 2.83. The third-order valence-electron chi connectivity index (χ3n) is 3.81. The molecule has 90 valence electrons. The number of methoxy groups -OCH3 is 1. The van der Waals surface area contributed by atoms with Crippen LogP contribution in [0.4, 0.5) is 0 Å². The number of fused-ring (bicyclic) bond motifs is 3. The van der Waals surface area contributed by atoms with Gasteiger partial charge in [0.1, 0.15) is 5.75 Å². The summed E-state index contributed by atoms with van der Waals surface area (Å²) in [6.45, 7) is 0. The predicted molar refractivity (Wildman–Crippen MR) is 69.7 cm³/mol. The fraction of sp³-hybridized carbons (Fsp3) is 0.429. The summed E-state index contributed by atoms with van der Waals surface area (Å²) >= 11 is 0. The maximum atomic E-state index is 5.41. The van der Waals surface area contributed by atoms with Gasteiger partial charge in [0.15, 0.2) is 0 Å². The van der Waals surface area contributed by atoms with Gasteiger partial charge < -0.3 is 15.0 Å². The molecular weight excluding hydrogens is 212 g/mol. The summed E-state index contributed by atoms with van der Waals surface area (Å²) in [4.78, 5) is 3.53. The topological polar surface area (TPSA) is 37.0 Å². The van der Waals surface area contributed by atoms with Gasteiger partial charge in [0, 0.05) is 17.1 Å². The van der Waals surface area contributed by atoms with Gasteiger partial charge >= 0.3 is 0 Å². The highest BCUT2D eigenvalue weighted by molar-refractivity contribution is 5.89. The van der Waals surface area contributed by atoms with E-state index < -0.39 is 0 Å². The molecule has 0 fully saturated rings. The van der Waals surface area contributed by atoms with Crippen molar-refractivity contribution in [3.05, 3.63) is 29.5 Å². The van der Waals surface area contributed by atoms with Crippen LogP contribution in [0.1, 0.15) is 17.7 Å². The van der Waals surface area contributed by atoms with Crippen molar-refractivity contribution >= 4 is 10.9 Å². The number of ether oxygens (including phenoxy) is 1. The zero-order chi connectivity index (χ0) is 11.8. The lowest BCUT2D eigenvalue weighted by Crippen LogP contribution is -2.31. The molecule has 1 aromatic carbocycles. The maximum absolute atomic E-state index is 5.41. The standard InChI is InChI=1S/C14H18N2O/c1-15-9-6-7-12-11(8-9)10-4-3-5-13(17-2)14(10)16-12/h3-5,9,15-16H,6-8H2,1-2H3. The number of aromatic nitrogens is 1. The minimum atomic E-state index is 0.604. The number of aryl methyl sites for hydroxylation is 1. The summed E-state index contributed by atoms with van der Waals surface area (Å²) in [6.07, 6.45) is 3.44. The van der Waals surface area contributed by atoms with Gasteiger partial charge in [0.25, 0.3) is 0 Å². The smallest absolute Gasteiger partial charge is 0.142 e. The van der Waals surface area contributed by atoms with Crippen molar-refractivity contribution in [3.63, 3.8) is 0 Å². The second-order valence-electron chi connectivity index (χ2n) is 4.69. The van der Waals surface area contributed by atoms with E-state index in [-0.39, 0.29) is 0 Å². The van der Waals surface area contributed by atoms with Crippen LogP contribution >= 0.6 is 0 Å². The normalized spacial score (nSPS) is 19.3. The van der Waals surface area contributed by atoms with Gasteiger partial charge in [0.2, 0.25) is 0 Å². The quantitative estimate of drug-likeness (QED) is 0.830. The van der Waals surface area contributed by atoms with Crippen molar-refractivity contribution in [2.75, 3.05) is 14.2 Å². The number of aromatic amines is 1. The Morgan fingerprint density at radius 3 is 3.06 bits per heavy atom. The first kappa shape index (κ1) is 10.7. The molecule has 0 saturated heterocycles. The highest BCUT2D eigenvalue weighted by atomic mass is 16.5. The van der Waals surface area contributed by atoms with Crippen molar-refractivity contribution in [1.29, 1.82) is 0 Å². The molecule has 1 unspecified atom stereocenters. The zero-order valence-corrected chi connectivity index (χ0v) is 10.3. The summed E-state index contributed by atoms with van der Waals surface area (Å²) in [7, 11) is 3.77. The number of rotatable bonds is 2. The lowest BCUT2D eigenvalue weighted by Gasteiger charge is -2.21. The predicted octanol–water partition coefficient (Wildman–Crippen LogP) is 2.25. The molecular formula is C14H18N2O. The van der Waals surface area contributed by atoms with Crippen LogP contribution in [0.15, 0.2) is 18.2 Å². The minimum Gasteiger partial charge on any atom is -0.495 e. The van der Waals surface area contributed by atoms with E-state index >= 15 is 0 Å². The number of likely N-dealkylation sites (N-methyl/N-ethyl adjacent to an activating group) is 1. The summed E-state index contributed by atoms with van der Waals surface area (Å²) in [5, 5.41) is 4.70. The Kier molecular flexibility index (Phi) is 2.56. The van der Waals surface area contributed by atoms with Crippen LogP contribution < -0.4 is 10.1 Å². The third-order valence-corrected chi connectivity index (χ3v) is 3.81. The SMILES string of the molecule is CNC1CCc2[nH]c3c(OC)cccc3c2C1. The van der Waals surface area contributed by atoms with Gasteiger partial charge in [-0.1, -0.05) is 12.1 Å². The first-order valence-electron chi connectivity index (χ1n) is 6.17. The van der Waals surface area contributed by atoms with E-state index in [9.17, 15) is 0 Å². The van der Waals surface area contributed by atoms with Crippen LogP contribution in [-0.2, 0) is 12.8 Å². The largest absolute Gasteiger partial charge is 0.495 e. The number of benzene rings is 1. The van der Waals surface area contributed by atoms with E-state index in [0.717, 1.165) is 24.1 Å². The molecule has 3 rings (SSSR count). The molecule has 2 aromatic rings. The van der Waals surface area contributed by atoms with Crippen molar-refractivity contribution in [1.82, 2.24) is 10.3 Å². The Hall–Kier alpha value is -1.48. The van der Waals surface area contributed by atoms with Gasteiger partial charge in [-0.05, 0) is 37.9 Å². The van der Waals surface area contributed by atoms with Gasteiger partial charge in [0.05, 0.1) is 12.6 Å².